The summed E-state index contributed by atoms with van der Waals surface area (Å²) in [6, 6.07) is 5.44. The van der Waals surface area contributed by atoms with E-state index in [9.17, 15) is 8.42 Å². The summed E-state index contributed by atoms with van der Waals surface area (Å²) in [5.41, 5.74) is 0. The second-order valence-electron chi connectivity index (χ2n) is 4.41. The highest BCUT2D eigenvalue weighted by molar-refractivity contribution is 9.10. The third kappa shape index (κ3) is 3.46. The monoisotopic (exact) mass is 379 g/mol. The molecule has 2 rings (SSSR count). The van der Waals surface area contributed by atoms with Crippen molar-refractivity contribution in [3.63, 3.8) is 0 Å². The van der Waals surface area contributed by atoms with Crippen molar-refractivity contribution in [2.75, 3.05) is 0 Å². The molecule has 1 atom stereocenters. The Morgan fingerprint density at radius 3 is 2.42 bits per heavy atom. The Morgan fingerprint density at radius 2 is 1.95 bits per heavy atom. The Labute approximate surface area is 129 Å². The van der Waals surface area contributed by atoms with Gasteiger partial charge in [0.2, 0.25) is 0 Å². The molecule has 0 fully saturated rings. The van der Waals surface area contributed by atoms with E-state index in [0.717, 1.165) is 4.88 Å². The Hall–Kier alpha value is -0.210. The topological polar surface area (TPSA) is 46.2 Å². The zero-order valence-electron chi connectivity index (χ0n) is 10.5. The van der Waals surface area contributed by atoms with Crippen LogP contribution in [0.3, 0.4) is 0 Å². The molecule has 104 valence electrons. The lowest BCUT2D eigenvalue weighted by atomic mass is 10.0. The molecule has 2 heterocycles. The lowest BCUT2D eigenvalue weighted by molar-refractivity contribution is 0.469. The van der Waals surface area contributed by atoms with Crippen molar-refractivity contribution < 1.29 is 8.42 Å². The quantitative estimate of drug-likeness (QED) is 0.843. The van der Waals surface area contributed by atoms with E-state index in [0.29, 0.717) is 8.68 Å². The van der Waals surface area contributed by atoms with Gasteiger partial charge < -0.3 is 0 Å². The van der Waals surface area contributed by atoms with Crippen molar-refractivity contribution in [2.45, 2.75) is 24.1 Å². The van der Waals surface area contributed by atoms with E-state index < -0.39 is 10.0 Å². The molecular weight excluding hydrogens is 366 g/mol. The molecular formula is C12H14BrNO2S3. The molecule has 0 aromatic carbocycles. The molecule has 3 nitrogen and oxygen atoms in total. The second-order valence-corrected chi connectivity index (χ2v) is 9.07. The highest BCUT2D eigenvalue weighted by Crippen LogP contribution is 2.32. The maximum atomic E-state index is 12.4. The van der Waals surface area contributed by atoms with E-state index in [-0.39, 0.29) is 12.0 Å². The summed E-state index contributed by atoms with van der Waals surface area (Å²) in [4.78, 5) is 1.03. The largest absolute Gasteiger partial charge is 0.251 e. The summed E-state index contributed by atoms with van der Waals surface area (Å²) in [7, 11) is -3.49. The maximum Gasteiger partial charge on any atom is 0.251 e. The molecule has 2 aromatic heterocycles. The van der Waals surface area contributed by atoms with Gasteiger partial charge in [-0.15, -0.1) is 22.7 Å². The maximum absolute atomic E-state index is 12.4. The summed E-state index contributed by atoms with van der Waals surface area (Å²) in [5, 5.41) is 3.72. The van der Waals surface area contributed by atoms with E-state index in [1.54, 1.807) is 22.8 Å². The normalized spacial score (nSPS) is 13.9. The fraction of sp³-hybridized carbons (Fsp3) is 0.333. The van der Waals surface area contributed by atoms with Crippen LogP contribution in [-0.4, -0.2) is 8.42 Å². The van der Waals surface area contributed by atoms with Gasteiger partial charge in [0.05, 0.1) is 6.04 Å². The molecule has 0 amide bonds. The molecule has 0 saturated carbocycles. The van der Waals surface area contributed by atoms with Crippen LogP contribution in [0.1, 0.15) is 24.8 Å². The van der Waals surface area contributed by atoms with Crippen LogP contribution < -0.4 is 4.72 Å². The van der Waals surface area contributed by atoms with E-state index in [2.05, 4.69) is 20.7 Å². The lowest BCUT2D eigenvalue weighted by Gasteiger charge is -2.20. The highest BCUT2D eigenvalue weighted by atomic mass is 79.9. The molecule has 0 aliphatic rings. The molecule has 0 aliphatic heterocycles. The minimum atomic E-state index is -3.49. The van der Waals surface area contributed by atoms with Gasteiger partial charge in [0.1, 0.15) is 4.21 Å². The minimum Gasteiger partial charge on any atom is -0.206 e. The molecule has 7 heteroatoms. The van der Waals surface area contributed by atoms with Crippen molar-refractivity contribution in [3.8, 4) is 0 Å². The average molecular weight is 380 g/mol. The Kier molecular flexibility index (Phi) is 4.84. The molecule has 2 aromatic rings. The summed E-state index contributed by atoms with van der Waals surface area (Å²) in [6.45, 7) is 4.02. The predicted molar refractivity (Wildman–Crippen MR) is 84.2 cm³/mol. The van der Waals surface area contributed by atoms with Gasteiger partial charge in [-0.1, -0.05) is 19.9 Å². The molecule has 0 radical (unpaired) electrons. The second kappa shape index (κ2) is 6.05. The van der Waals surface area contributed by atoms with E-state index in [4.69, 9.17) is 0 Å². The van der Waals surface area contributed by atoms with Crippen LogP contribution in [0.5, 0.6) is 0 Å². The average Bonchev–Trinajstić information content (AvgIpc) is 2.96. The van der Waals surface area contributed by atoms with Crippen molar-refractivity contribution in [1.29, 1.82) is 0 Å². The predicted octanol–water partition coefficient (Wildman–Crippen LogP) is 4.25. The summed E-state index contributed by atoms with van der Waals surface area (Å²) in [6.07, 6.45) is 0. The zero-order chi connectivity index (χ0) is 14.0. The number of sulfonamides is 1. The molecule has 1 N–H and O–H groups in total. The van der Waals surface area contributed by atoms with Gasteiger partial charge >= 0.3 is 0 Å². The zero-order valence-corrected chi connectivity index (χ0v) is 14.5. The van der Waals surface area contributed by atoms with Crippen LogP contribution in [-0.2, 0) is 10.0 Å². The number of rotatable bonds is 5. The highest BCUT2D eigenvalue weighted by Gasteiger charge is 2.26. The number of hydrogen-bond acceptors (Lipinski definition) is 4. The van der Waals surface area contributed by atoms with Gasteiger partial charge in [-0.3, -0.25) is 0 Å². The Balaban J connectivity index is 2.30. The first-order valence-corrected chi connectivity index (χ1v) is 9.74. The van der Waals surface area contributed by atoms with Crippen LogP contribution >= 0.6 is 38.6 Å². The summed E-state index contributed by atoms with van der Waals surface area (Å²) >= 11 is 6.05. The van der Waals surface area contributed by atoms with Gasteiger partial charge in [-0.2, -0.15) is 0 Å². The van der Waals surface area contributed by atoms with Gasteiger partial charge in [-0.25, -0.2) is 13.1 Å². The van der Waals surface area contributed by atoms with Crippen molar-refractivity contribution in [1.82, 2.24) is 4.72 Å². The van der Waals surface area contributed by atoms with Crippen molar-refractivity contribution in [3.05, 3.63) is 38.3 Å². The number of nitrogens with one attached hydrogen (secondary N) is 1. The first kappa shape index (κ1) is 15.2. The van der Waals surface area contributed by atoms with Gasteiger partial charge in [0.25, 0.3) is 10.0 Å². The van der Waals surface area contributed by atoms with Crippen molar-refractivity contribution in [2.24, 2.45) is 5.92 Å². The fourth-order valence-electron chi connectivity index (χ4n) is 1.68. The summed E-state index contributed by atoms with van der Waals surface area (Å²) in [5.74, 6) is 0.187. The van der Waals surface area contributed by atoms with Crippen LogP contribution in [0.2, 0.25) is 0 Å². The summed E-state index contributed by atoms with van der Waals surface area (Å²) < 4.78 is 28.5. The lowest BCUT2D eigenvalue weighted by Crippen LogP contribution is -2.31. The van der Waals surface area contributed by atoms with Gasteiger partial charge in [0, 0.05) is 9.35 Å². The molecule has 19 heavy (non-hydrogen) atoms. The number of hydrogen-bond donors (Lipinski definition) is 1. The smallest absolute Gasteiger partial charge is 0.206 e. The third-order valence-corrected chi connectivity index (χ3v) is 7.69. The third-order valence-electron chi connectivity index (χ3n) is 2.63. The van der Waals surface area contributed by atoms with Crippen LogP contribution in [0.15, 0.2) is 37.6 Å². The number of thiophene rings is 2. The molecule has 0 bridgehead atoms. The standard InChI is InChI=1S/C12H14BrNO2S3/c1-8(2)11(10-4-3-6-17-10)14-19(15,16)12-9(13)5-7-18-12/h3-8,11,14H,1-2H3. The first-order valence-electron chi connectivity index (χ1n) is 5.70. The minimum absolute atomic E-state index is 0.187. The molecule has 0 saturated heterocycles. The van der Waals surface area contributed by atoms with Crippen LogP contribution in [0.4, 0.5) is 0 Å². The first-order chi connectivity index (χ1) is 8.92. The van der Waals surface area contributed by atoms with Crippen LogP contribution in [0.25, 0.3) is 0 Å². The number of halogens is 1. The molecule has 0 aliphatic carbocycles. The Morgan fingerprint density at radius 1 is 1.21 bits per heavy atom. The van der Waals surface area contributed by atoms with Gasteiger partial charge in [0.15, 0.2) is 0 Å². The van der Waals surface area contributed by atoms with Crippen molar-refractivity contribution >= 4 is 48.6 Å². The van der Waals surface area contributed by atoms with E-state index >= 15 is 0 Å². The fourth-order valence-corrected chi connectivity index (χ4v) is 6.42. The Bertz CT molecular complexity index is 632. The van der Waals surface area contributed by atoms with E-state index in [1.807, 2.05) is 31.4 Å². The SMILES string of the molecule is CC(C)C(NS(=O)(=O)c1sccc1Br)c1cccs1. The van der Waals surface area contributed by atoms with E-state index in [1.165, 1.54) is 11.3 Å². The van der Waals surface area contributed by atoms with Gasteiger partial charge in [-0.05, 0) is 44.7 Å². The molecule has 0 spiro atoms. The van der Waals surface area contributed by atoms with Crippen LogP contribution in [0, 0.1) is 5.92 Å². The molecule has 1 unspecified atom stereocenters.